The highest BCUT2D eigenvalue weighted by atomic mass is 32.2. The van der Waals surface area contributed by atoms with Gasteiger partial charge in [-0.2, -0.15) is 13.2 Å². The highest BCUT2D eigenvalue weighted by Crippen LogP contribution is 2.32. The van der Waals surface area contributed by atoms with Crippen molar-refractivity contribution < 1.29 is 31.2 Å². The number of nitrogens with zero attached hydrogens (tertiary/aromatic N) is 3. The Labute approximate surface area is 168 Å². The van der Waals surface area contributed by atoms with Gasteiger partial charge in [-0.1, -0.05) is 0 Å². The highest BCUT2D eigenvalue weighted by molar-refractivity contribution is 7.92. The van der Waals surface area contributed by atoms with Crippen LogP contribution in [0.25, 0.3) is 0 Å². The summed E-state index contributed by atoms with van der Waals surface area (Å²) >= 11 is 0. The number of nitrogens with two attached hydrogens (primary N) is 1. The molecule has 30 heavy (non-hydrogen) atoms. The summed E-state index contributed by atoms with van der Waals surface area (Å²) in [6.45, 7) is -0.375. The Bertz CT molecular complexity index is 1130. The number of nitrogens with one attached hydrogen (secondary N) is 1. The van der Waals surface area contributed by atoms with Crippen LogP contribution in [0.3, 0.4) is 0 Å². The Balaban J connectivity index is 1.85. The van der Waals surface area contributed by atoms with Gasteiger partial charge in [0, 0.05) is 24.5 Å². The summed E-state index contributed by atoms with van der Waals surface area (Å²) in [5, 5.41) is 7.56. The first-order valence-electron chi connectivity index (χ1n) is 8.24. The minimum Gasteiger partial charge on any atom is -0.384 e. The number of urea groups is 1. The van der Waals surface area contributed by atoms with Gasteiger partial charge in [0.25, 0.3) is 15.7 Å². The van der Waals surface area contributed by atoms with Crippen LogP contribution >= 0.6 is 0 Å². The summed E-state index contributed by atoms with van der Waals surface area (Å²) in [6.07, 6.45) is 2.78. The molecule has 0 aliphatic carbocycles. The van der Waals surface area contributed by atoms with Crippen molar-refractivity contribution in [3.05, 3.63) is 53.9 Å². The van der Waals surface area contributed by atoms with E-state index in [0.717, 1.165) is 21.9 Å². The molecular weight excluding hydrogens is 427 g/mol. The molecule has 9 nitrogen and oxygen atoms in total. The van der Waals surface area contributed by atoms with Gasteiger partial charge in [0.2, 0.25) is 0 Å². The molecule has 1 aromatic carbocycles. The maximum Gasteiger partial charge on any atom is 0.501 e. The minimum atomic E-state index is -5.54. The first-order valence-corrected chi connectivity index (χ1v) is 9.72. The lowest BCUT2D eigenvalue weighted by Crippen LogP contribution is -2.33. The van der Waals surface area contributed by atoms with Crippen molar-refractivity contribution in [1.82, 2.24) is 9.88 Å². The molecule has 1 fully saturated rings. The van der Waals surface area contributed by atoms with Crippen molar-refractivity contribution in [2.75, 3.05) is 11.4 Å². The Hall–Kier alpha value is -3.48. The van der Waals surface area contributed by atoms with E-state index in [-0.39, 0.29) is 30.2 Å². The quantitative estimate of drug-likeness (QED) is 0.411. The van der Waals surface area contributed by atoms with Crippen molar-refractivity contribution in [2.24, 2.45) is 5.73 Å². The van der Waals surface area contributed by atoms with Crippen molar-refractivity contribution in [3.63, 3.8) is 0 Å². The second-order valence-corrected chi connectivity index (χ2v) is 8.20. The molecule has 0 radical (unpaired) electrons. The predicted octanol–water partition coefficient (Wildman–Crippen LogP) is 1.63. The number of aromatic nitrogens is 1. The number of halogens is 3. The van der Waals surface area contributed by atoms with Crippen LogP contribution in [-0.4, -0.2) is 48.1 Å². The number of carbonyl (C=O) groups excluding carboxylic acids is 2. The topological polar surface area (TPSA) is 138 Å². The molecule has 1 saturated heterocycles. The third-order valence-corrected chi connectivity index (χ3v) is 5.81. The van der Waals surface area contributed by atoms with Crippen LogP contribution in [-0.2, 0) is 21.2 Å². The summed E-state index contributed by atoms with van der Waals surface area (Å²) in [7, 11) is -5.54. The van der Waals surface area contributed by atoms with Gasteiger partial charge >= 0.3 is 11.5 Å². The lowest BCUT2D eigenvalue weighted by Gasteiger charge is -2.18. The SMILES string of the molecule is N=C(N)c1cnccc1CN1CC(=O)N(c2ccc(S(=O)(=O)C(F)(F)F)cc2)C1=O. The first kappa shape index (κ1) is 21.2. The standard InChI is InChI=1S/C17H14F3N5O4S/c18-17(19,20)30(28,29)12-3-1-11(2-4-12)25-14(26)9-24(16(25)27)8-10-5-6-23-7-13(10)15(21)22/h1-7H,8-9H2,(H3,21,22). The summed E-state index contributed by atoms with van der Waals surface area (Å²) in [4.78, 5) is 29.7. The molecule has 1 aliphatic heterocycles. The Morgan fingerprint density at radius 3 is 2.37 bits per heavy atom. The summed E-state index contributed by atoms with van der Waals surface area (Å²) in [5.74, 6) is -0.917. The van der Waals surface area contributed by atoms with Crippen LogP contribution in [0.2, 0.25) is 0 Å². The Kier molecular flexibility index (Phi) is 5.24. The molecule has 2 heterocycles. The van der Waals surface area contributed by atoms with Crippen molar-refractivity contribution >= 4 is 33.3 Å². The second kappa shape index (κ2) is 7.40. The average molecular weight is 441 g/mol. The van der Waals surface area contributed by atoms with E-state index < -0.39 is 32.2 Å². The number of carbonyl (C=O) groups is 2. The third kappa shape index (κ3) is 3.70. The molecule has 1 aliphatic rings. The highest BCUT2D eigenvalue weighted by Gasteiger charge is 2.47. The van der Waals surface area contributed by atoms with Crippen LogP contribution < -0.4 is 10.6 Å². The van der Waals surface area contributed by atoms with E-state index in [1.165, 1.54) is 18.5 Å². The number of amides is 3. The van der Waals surface area contributed by atoms with Gasteiger partial charge in [0.15, 0.2) is 0 Å². The molecule has 0 unspecified atom stereocenters. The monoisotopic (exact) mass is 441 g/mol. The van der Waals surface area contributed by atoms with Gasteiger partial charge in [-0.3, -0.25) is 15.2 Å². The number of hydrogen-bond acceptors (Lipinski definition) is 6. The molecule has 13 heteroatoms. The molecule has 0 saturated carbocycles. The summed E-state index contributed by atoms with van der Waals surface area (Å²) in [5.41, 5.74) is 0.708. The average Bonchev–Trinajstić information content (AvgIpc) is 2.94. The summed E-state index contributed by atoms with van der Waals surface area (Å²) < 4.78 is 60.8. The van der Waals surface area contributed by atoms with Crippen LogP contribution in [0, 0.1) is 5.41 Å². The van der Waals surface area contributed by atoms with E-state index >= 15 is 0 Å². The number of benzene rings is 1. The fraction of sp³-hybridized carbons (Fsp3) is 0.176. The normalized spacial score (nSPS) is 15.0. The van der Waals surface area contributed by atoms with Gasteiger partial charge < -0.3 is 10.6 Å². The summed E-state index contributed by atoms with van der Waals surface area (Å²) in [6, 6.07) is 4.04. The van der Waals surface area contributed by atoms with Gasteiger partial charge in [0.05, 0.1) is 10.6 Å². The van der Waals surface area contributed by atoms with Crippen LogP contribution in [0.1, 0.15) is 11.1 Å². The molecule has 1 aromatic heterocycles. The van der Waals surface area contributed by atoms with Gasteiger partial charge in [0.1, 0.15) is 12.4 Å². The largest absolute Gasteiger partial charge is 0.501 e. The molecular formula is C17H14F3N5O4S. The van der Waals surface area contributed by atoms with E-state index in [2.05, 4.69) is 4.98 Å². The second-order valence-electron chi connectivity index (χ2n) is 6.26. The molecule has 3 N–H and O–H groups in total. The van der Waals surface area contributed by atoms with E-state index in [1.54, 1.807) is 0 Å². The van der Waals surface area contributed by atoms with Crippen LogP contribution in [0.4, 0.5) is 23.7 Å². The zero-order chi connectivity index (χ0) is 22.3. The lowest BCUT2D eigenvalue weighted by molar-refractivity contribution is -0.116. The maximum atomic E-state index is 12.7. The number of nitrogen functional groups attached to an aromatic ring is 1. The lowest BCUT2D eigenvalue weighted by atomic mass is 10.1. The number of anilines is 1. The van der Waals surface area contributed by atoms with E-state index in [1.807, 2.05) is 0 Å². The van der Waals surface area contributed by atoms with Gasteiger partial charge in [-0.15, -0.1) is 0 Å². The Morgan fingerprint density at radius 1 is 1.17 bits per heavy atom. The smallest absolute Gasteiger partial charge is 0.384 e. The van der Waals surface area contributed by atoms with E-state index in [0.29, 0.717) is 17.7 Å². The number of rotatable bonds is 5. The van der Waals surface area contributed by atoms with Crippen molar-refractivity contribution in [1.29, 1.82) is 5.41 Å². The van der Waals surface area contributed by atoms with Gasteiger partial charge in [-0.25, -0.2) is 18.1 Å². The van der Waals surface area contributed by atoms with Gasteiger partial charge in [-0.05, 0) is 35.9 Å². The van der Waals surface area contributed by atoms with Crippen LogP contribution in [0.5, 0.6) is 0 Å². The number of imide groups is 1. The van der Waals surface area contributed by atoms with E-state index in [4.69, 9.17) is 11.1 Å². The number of sulfone groups is 1. The fourth-order valence-corrected chi connectivity index (χ4v) is 3.61. The predicted molar refractivity (Wildman–Crippen MR) is 98.2 cm³/mol. The molecule has 0 spiro atoms. The number of hydrogen-bond donors (Lipinski definition) is 2. The third-order valence-electron chi connectivity index (χ3n) is 4.31. The molecule has 3 rings (SSSR count). The minimum absolute atomic E-state index is 0.0565. The van der Waals surface area contributed by atoms with E-state index in [9.17, 15) is 31.2 Å². The van der Waals surface area contributed by atoms with Crippen LogP contribution in [0.15, 0.2) is 47.6 Å². The molecule has 0 atom stereocenters. The number of pyridine rings is 1. The molecule has 3 amide bonds. The van der Waals surface area contributed by atoms with Crippen molar-refractivity contribution in [3.8, 4) is 0 Å². The number of alkyl halides is 3. The maximum absolute atomic E-state index is 12.7. The Morgan fingerprint density at radius 2 is 1.80 bits per heavy atom. The molecule has 158 valence electrons. The zero-order valence-electron chi connectivity index (χ0n) is 15.0. The first-order chi connectivity index (χ1) is 13.9. The fourth-order valence-electron chi connectivity index (χ4n) is 2.84. The molecule has 2 aromatic rings. The molecule has 0 bridgehead atoms. The zero-order valence-corrected chi connectivity index (χ0v) is 15.9. The van der Waals surface area contributed by atoms with Crippen molar-refractivity contribution in [2.45, 2.75) is 16.9 Å². The number of amidine groups is 1.